The van der Waals surface area contributed by atoms with Gasteiger partial charge in [-0.05, 0) is 42.1 Å². The first kappa shape index (κ1) is 14.0. The maximum absolute atomic E-state index is 12.9. The molecule has 1 aromatic carbocycles. The maximum atomic E-state index is 12.9. The van der Waals surface area contributed by atoms with E-state index in [1.807, 2.05) is 0 Å². The van der Waals surface area contributed by atoms with Crippen LogP contribution in [0.15, 0.2) is 24.3 Å². The van der Waals surface area contributed by atoms with E-state index in [-0.39, 0.29) is 11.9 Å². The molecule has 1 atom stereocenters. The van der Waals surface area contributed by atoms with E-state index in [0.29, 0.717) is 6.42 Å². The first-order valence-corrected chi connectivity index (χ1v) is 7.03. The summed E-state index contributed by atoms with van der Waals surface area (Å²) in [7, 11) is 0. The molecule has 1 aromatic heterocycles. The van der Waals surface area contributed by atoms with Crippen molar-refractivity contribution in [1.82, 2.24) is 15.0 Å². The number of aryl methyl sites for hydroxylation is 1. The lowest BCUT2D eigenvalue weighted by Crippen LogP contribution is -2.29. The standard InChI is InChI=1S/C13H17FN4S/c1-2-3-11-13(19-18-17-11)12(16-15)8-9-4-6-10(14)7-5-9/h4-7,12,16H,2-3,8,15H2,1H3. The molecule has 1 heterocycles. The van der Waals surface area contributed by atoms with E-state index >= 15 is 0 Å². The number of nitrogens with zero attached hydrogens (tertiary/aromatic N) is 2. The summed E-state index contributed by atoms with van der Waals surface area (Å²) in [5.41, 5.74) is 4.83. The van der Waals surface area contributed by atoms with Crippen LogP contribution in [0.3, 0.4) is 0 Å². The van der Waals surface area contributed by atoms with Crippen molar-refractivity contribution in [3.8, 4) is 0 Å². The van der Waals surface area contributed by atoms with Gasteiger partial charge in [0.05, 0.1) is 16.6 Å². The van der Waals surface area contributed by atoms with E-state index in [4.69, 9.17) is 5.84 Å². The molecule has 0 radical (unpaired) electrons. The predicted molar refractivity (Wildman–Crippen MR) is 74.1 cm³/mol. The first-order chi connectivity index (χ1) is 9.24. The molecule has 0 saturated carbocycles. The van der Waals surface area contributed by atoms with Gasteiger partial charge < -0.3 is 0 Å². The van der Waals surface area contributed by atoms with Crippen LogP contribution in [0.5, 0.6) is 0 Å². The van der Waals surface area contributed by atoms with Crippen LogP contribution in [-0.4, -0.2) is 9.59 Å². The molecule has 0 amide bonds. The summed E-state index contributed by atoms with van der Waals surface area (Å²) in [6, 6.07) is 6.43. The predicted octanol–water partition coefficient (Wildman–Crippen LogP) is 2.38. The Labute approximate surface area is 116 Å². The topological polar surface area (TPSA) is 63.8 Å². The average Bonchev–Trinajstić information content (AvgIpc) is 2.87. The molecule has 6 heteroatoms. The van der Waals surface area contributed by atoms with Crippen molar-refractivity contribution in [2.75, 3.05) is 0 Å². The molecule has 4 nitrogen and oxygen atoms in total. The maximum Gasteiger partial charge on any atom is 0.123 e. The monoisotopic (exact) mass is 280 g/mol. The van der Waals surface area contributed by atoms with E-state index in [0.717, 1.165) is 29.0 Å². The van der Waals surface area contributed by atoms with Crippen molar-refractivity contribution < 1.29 is 4.39 Å². The van der Waals surface area contributed by atoms with Crippen LogP contribution in [0.1, 0.15) is 35.5 Å². The van der Waals surface area contributed by atoms with Crippen LogP contribution >= 0.6 is 11.5 Å². The minimum Gasteiger partial charge on any atom is -0.271 e. The summed E-state index contributed by atoms with van der Waals surface area (Å²) >= 11 is 1.37. The number of hydrogen-bond acceptors (Lipinski definition) is 5. The second kappa shape index (κ2) is 6.70. The first-order valence-electron chi connectivity index (χ1n) is 6.26. The van der Waals surface area contributed by atoms with Gasteiger partial charge in [0.25, 0.3) is 0 Å². The van der Waals surface area contributed by atoms with Crippen LogP contribution in [-0.2, 0) is 12.8 Å². The minimum absolute atomic E-state index is 0.0352. The number of nitrogens with two attached hydrogens (primary N) is 1. The highest BCUT2D eigenvalue weighted by Gasteiger charge is 2.18. The van der Waals surface area contributed by atoms with Crippen LogP contribution in [0, 0.1) is 5.82 Å². The molecule has 3 N–H and O–H groups in total. The summed E-state index contributed by atoms with van der Waals surface area (Å²) < 4.78 is 16.9. The number of hydrazine groups is 1. The largest absolute Gasteiger partial charge is 0.271 e. The summed E-state index contributed by atoms with van der Waals surface area (Å²) in [5.74, 6) is 5.40. The quantitative estimate of drug-likeness (QED) is 0.630. The average molecular weight is 280 g/mol. The van der Waals surface area contributed by atoms with Gasteiger partial charge in [0.1, 0.15) is 5.82 Å². The lowest BCUT2D eigenvalue weighted by Gasteiger charge is -2.15. The van der Waals surface area contributed by atoms with Gasteiger partial charge >= 0.3 is 0 Å². The molecule has 2 rings (SSSR count). The van der Waals surface area contributed by atoms with Gasteiger partial charge in [-0.15, -0.1) is 5.10 Å². The lowest BCUT2D eigenvalue weighted by atomic mass is 10.0. The molecule has 0 aliphatic heterocycles. The van der Waals surface area contributed by atoms with Gasteiger partial charge in [0.2, 0.25) is 0 Å². The normalized spacial score (nSPS) is 12.6. The minimum atomic E-state index is -0.230. The van der Waals surface area contributed by atoms with Crippen molar-refractivity contribution in [3.63, 3.8) is 0 Å². The zero-order valence-corrected chi connectivity index (χ0v) is 11.6. The highest BCUT2D eigenvalue weighted by Crippen LogP contribution is 2.24. The number of aromatic nitrogens is 2. The smallest absolute Gasteiger partial charge is 0.123 e. The SMILES string of the molecule is CCCc1nnsc1C(Cc1ccc(F)cc1)NN. The van der Waals surface area contributed by atoms with E-state index in [9.17, 15) is 4.39 Å². The number of halogens is 1. The molecule has 102 valence electrons. The van der Waals surface area contributed by atoms with E-state index in [1.165, 1.54) is 23.7 Å². The molecular weight excluding hydrogens is 263 g/mol. The number of benzene rings is 1. The Morgan fingerprint density at radius 2 is 2.11 bits per heavy atom. The highest BCUT2D eigenvalue weighted by atomic mass is 32.1. The Morgan fingerprint density at radius 3 is 2.74 bits per heavy atom. The fraction of sp³-hybridized carbons (Fsp3) is 0.385. The van der Waals surface area contributed by atoms with E-state index in [2.05, 4.69) is 21.9 Å². The molecule has 0 spiro atoms. The molecule has 0 aliphatic rings. The molecule has 1 unspecified atom stereocenters. The fourth-order valence-electron chi connectivity index (χ4n) is 1.97. The van der Waals surface area contributed by atoms with Gasteiger partial charge in [-0.2, -0.15) is 0 Å². The Hall–Kier alpha value is -1.37. The van der Waals surface area contributed by atoms with Crippen LogP contribution < -0.4 is 11.3 Å². The lowest BCUT2D eigenvalue weighted by molar-refractivity contribution is 0.552. The highest BCUT2D eigenvalue weighted by molar-refractivity contribution is 7.05. The van der Waals surface area contributed by atoms with Gasteiger partial charge in [-0.25, -0.2) is 4.39 Å². The van der Waals surface area contributed by atoms with Crippen molar-refractivity contribution in [2.45, 2.75) is 32.2 Å². The van der Waals surface area contributed by atoms with Crippen molar-refractivity contribution >= 4 is 11.5 Å². The van der Waals surface area contributed by atoms with Gasteiger partial charge in [0.15, 0.2) is 0 Å². The van der Waals surface area contributed by atoms with Crippen molar-refractivity contribution in [2.24, 2.45) is 5.84 Å². The van der Waals surface area contributed by atoms with Gasteiger partial charge in [-0.1, -0.05) is 30.0 Å². The third-order valence-corrected chi connectivity index (χ3v) is 3.82. The van der Waals surface area contributed by atoms with E-state index in [1.54, 1.807) is 12.1 Å². The molecule has 0 aliphatic carbocycles. The number of rotatable bonds is 6. The Morgan fingerprint density at radius 1 is 1.37 bits per heavy atom. The van der Waals surface area contributed by atoms with Crippen LogP contribution in [0.4, 0.5) is 4.39 Å². The number of hydrogen-bond donors (Lipinski definition) is 2. The zero-order valence-electron chi connectivity index (χ0n) is 10.8. The molecule has 0 saturated heterocycles. The third-order valence-electron chi connectivity index (χ3n) is 2.94. The number of nitrogens with one attached hydrogen (secondary N) is 1. The Balaban J connectivity index is 2.15. The summed E-state index contributed by atoms with van der Waals surface area (Å²) in [6.45, 7) is 2.11. The second-order valence-corrected chi connectivity index (χ2v) is 5.17. The van der Waals surface area contributed by atoms with Crippen LogP contribution in [0.2, 0.25) is 0 Å². The van der Waals surface area contributed by atoms with Gasteiger partial charge in [0, 0.05) is 0 Å². The molecular formula is C13H17FN4S. The summed E-state index contributed by atoms with van der Waals surface area (Å²) in [4.78, 5) is 1.06. The molecule has 0 bridgehead atoms. The van der Waals surface area contributed by atoms with E-state index < -0.39 is 0 Å². The second-order valence-electron chi connectivity index (χ2n) is 4.38. The molecule has 2 aromatic rings. The molecule has 19 heavy (non-hydrogen) atoms. The zero-order chi connectivity index (χ0) is 13.7. The fourth-order valence-corrected chi connectivity index (χ4v) is 2.73. The molecule has 0 fully saturated rings. The third kappa shape index (κ3) is 3.56. The van der Waals surface area contributed by atoms with Crippen molar-refractivity contribution in [3.05, 3.63) is 46.2 Å². The van der Waals surface area contributed by atoms with Crippen molar-refractivity contribution in [1.29, 1.82) is 0 Å². The summed E-state index contributed by atoms with van der Waals surface area (Å²) in [6.07, 6.45) is 2.61. The Bertz CT molecular complexity index is 512. The van der Waals surface area contributed by atoms with Crippen LogP contribution in [0.25, 0.3) is 0 Å². The van der Waals surface area contributed by atoms with Gasteiger partial charge in [-0.3, -0.25) is 11.3 Å². The Kier molecular flexibility index (Phi) is 4.95. The summed E-state index contributed by atoms with van der Waals surface area (Å²) in [5, 5.41) is 4.14.